The number of carbonyl (C=O) groups excluding carboxylic acids is 2. The number of carbonyl (C=O) groups is 2. The lowest BCUT2D eigenvalue weighted by Crippen LogP contribution is -2.52. The van der Waals surface area contributed by atoms with Crippen molar-refractivity contribution in [2.75, 3.05) is 14.2 Å². The van der Waals surface area contributed by atoms with E-state index in [2.05, 4.69) is 11.4 Å². The number of methoxy groups -OCH3 is 2. The molecule has 146 valence electrons. The first-order valence-corrected chi connectivity index (χ1v) is 8.50. The Balaban J connectivity index is 2.78. The number of amides is 1. The van der Waals surface area contributed by atoms with Crippen LogP contribution in [0.5, 0.6) is 11.5 Å². The summed E-state index contributed by atoms with van der Waals surface area (Å²) in [5.74, 6) is -0.151. The lowest BCUT2D eigenvalue weighted by Gasteiger charge is -2.28. The van der Waals surface area contributed by atoms with Crippen molar-refractivity contribution in [1.29, 1.82) is 5.26 Å². The molecule has 0 bridgehead atoms. The van der Waals surface area contributed by atoms with Crippen molar-refractivity contribution in [3.05, 3.63) is 29.8 Å². The van der Waals surface area contributed by atoms with E-state index in [-0.39, 0.29) is 5.92 Å². The highest BCUT2D eigenvalue weighted by Crippen LogP contribution is 2.25. The first kappa shape index (κ1) is 22.0. The number of nitrogens with one attached hydrogen (secondary N) is 1. The van der Waals surface area contributed by atoms with E-state index in [1.165, 1.54) is 33.3 Å². The van der Waals surface area contributed by atoms with Crippen molar-refractivity contribution in [1.82, 2.24) is 5.32 Å². The van der Waals surface area contributed by atoms with Crippen molar-refractivity contribution in [3.8, 4) is 17.6 Å². The molecule has 7 heteroatoms. The summed E-state index contributed by atoms with van der Waals surface area (Å²) in [7, 11) is 3.06. The molecule has 2 atom stereocenters. The first-order chi connectivity index (χ1) is 12.7. The number of rotatable bonds is 8. The van der Waals surface area contributed by atoms with Crippen LogP contribution in [0.2, 0.25) is 0 Å². The molecule has 0 saturated heterocycles. The lowest BCUT2D eigenvalue weighted by atomic mass is 9.90. The predicted molar refractivity (Wildman–Crippen MR) is 101 cm³/mol. The van der Waals surface area contributed by atoms with Crippen molar-refractivity contribution in [2.45, 2.75) is 39.3 Å². The summed E-state index contributed by atoms with van der Waals surface area (Å²) in [4.78, 5) is 24.2. The fourth-order valence-electron chi connectivity index (χ4n) is 2.05. The summed E-state index contributed by atoms with van der Waals surface area (Å²) in [6, 6.07) is 7.24. The molecule has 0 spiro atoms. The molecule has 0 radical (unpaired) electrons. The SMILES string of the molecule is COc1ccc(OC)c(/C=C/C(=O)OC(C)C(=O)NC(C)(C#N)C(C)C)c1. The van der Waals surface area contributed by atoms with Crippen molar-refractivity contribution in [2.24, 2.45) is 5.92 Å². The van der Waals surface area contributed by atoms with Gasteiger partial charge in [-0.05, 0) is 44.0 Å². The Hall–Kier alpha value is -3.01. The molecule has 27 heavy (non-hydrogen) atoms. The number of nitrogens with zero attached hydrogens (tertiary/aromatic N) is 1. The molecule has 0 aliphatic rings. The maximum Gasteiger partial charge on any atom is 0.331 e. The van der Waals surface area contributed by atoms with E-state index < -0.39 is 23.5 Å². The number of ether oxygens (including phenoxy) is 3. The van der Waals surface area contributed by atoms with E-state index in [0.29, 0.717) is 17.1 Å². The molecule has 0 fully saturated rings. The highest BCUT2D eigenvalue weighted by Gasteiger charge is 2.32. The average molecular weight is 374 g/mol. The fraction of sp³-hybridized carbons (Fsp3) is 0.450. The maximum atomic E-state index is 12.2. The zero-order valence-electron chi connectivity index (χ0n) is 16.5. The molecule has 0 saturated carbocycles. The van der Waals surface area contributed by atoms with Gasteiger partial charge in [0.2, 0.25) is 0 Å². The van der Waals surface area contributed by atoms with Crippen LogP contribution in [0.15, 0.2) is 24.3 Å². The van der Waals surface area contributed by atoms with Crippen molar-refractivity contribution in [3.63, 3.8) is 0 Å². The largest absolute Gasteiger partial charge is 0.497 e. The molecule has 1 rings (SSSR count). The van der Waals surface area contributed by atoms with Gasteiger partial charge in [0.1, 0.15) is 17.0 Å². The Morgan fingerprint density at radius 3 is 2.41 bits per heavy atom. The minimum Gasteiger partial charge on any atom is -0.497 e. The quantitative estimate of drug-likeness (QED) is 0.555. The normalized spacial score (nSPS) is 14.1. The zero-order chi connectivity index (χ0) is 20.6. The van der Waals surface area contributed by atoms with Gasteiger partial charge in [0.25, 0.3) is 5.91 Å². The number of nitriles is 1. The van der Waals surface area contributed by atoms with Gasteiger partial charge >= 0.3 is 5.97 Å². The third-order valence-corrected chi connectivity index (χ3v) is 4.27. The van der Waals surface area contributed by atoms with Gasteiger partial charge in [-0.3, -0.25) is 4.79 Å². The average Bonchev–Trinajstić information content (AvgIpc) is 2.65. The van der Waals surface area contributed by atoms with Gasteiger partial charge in [-0.15, -0.1) is 0 Å². The van der Waals surface area contributed by atoms with E-state index in [4.69, 9.17) is 14.2 Å². The summed E-state index contributed by atoms with van der Waals surface area (Å²) in [5, 5.41) is 11.9. The Labute approximate surface area is 159 Å². The van der Waals surface area contributed by atoms with Crippen LogP contribution in [-0.4, -0.2) is 37.7 Å². The monoisotopic (exact) mass is 374 g/mol. The molecule has 0 aromatic heterocycles. The summed E-state index contributed by atoms with van der Waals surface area (Å²) in [6.07, 6.45) is 1.68. The van der Waals surface area contributed by atoms with Crippen LogP contribution in [0.3, 0.4) is 0 Å². The van der Waals surface area contributed by atoms with Crippen LogP contribution >= 0.6 is 0 Å². The molecular formula is C20H26N2O5. The Bertz CT molecular complexity index is 751. The molecule has 0 heterocycles. The van der Waals surface area contributed by atoms with Crippen LogP contribution < -0.4 is 14.8 Å². The smallest absolute Gasteiger partial charge is 0.331 e. The van der Waals surface area contributed by atoms with Gasteiger partial charge in [-0.2, -0.15) is 5.26 Å². The summed E-state index contributed by atoms with van der Waals surface area (Å²) in [5.41, 5.74) is -0.413. The van der Waals surface area contributed by atoms with Gasteiger partial charge in [0, 0.05) is 11.6 Å². The third-order valence-electron chi connectivity index (χ3n) is 4.27. The summed E-state index contributed by atoms with van der Waals surface area (Å²) in [6.45, 7) is 6.72. The van der Waals surface area contributed by atoms with Crippen molar-refractivity contribution >= 4 is 18.0 Å². The number of hydrogen-bond acceptors (Lipinski definition) is 6. The molecule has 1 aromatic carbocycles. The van der Waals surface area contributed by atoms with Gasteiger partial charge in [-0.25, -0.2) is 4.79 Å². The summed E-state index contributed by atoms with van der Waals surface area (Å²) < 4.78 is 15.5. The van der Waals surface area contributed by atoms with E-state index in [9.17, 15) is 14.9 Å². The van der Waals surface area contributed by atoms with Crippen LogP contribution in [0.1, 0.15) is 33.3 Å². The number of hydrogen-bond donors (Lipinski definition) is 1. The Morgan fingerprint density at radius 1 is 1.22 bits per heavy atom. The van der Waals surface area contributed by atoms with E-state index in [0.717, 1.165) is 0 Å². The van der Waals surface area contributed by atoms with Gasteiger partial charge < -0.3 is 19.5 Å². The van der Waals surface area contributed by atoms with Crippen LogP contribution in [0.4, 0.5) is 0 Å². The molecule has 7 nitrogen and oxygen atoms in total. The molecule has 1 N–H and O–H groups in total. The van der Waals surface area contributed by atoms with Crippen LogP contribution in [0, 0.1) is 17.2 Å². The first-order valence-electron chi connectivity index (χ1n) is 8.50. The second kappa shape index (κ2) is 9.62. The number of esters is 1. The van der Waals surface area contributed by atoms with Crippen LogP contribution in [-0.2, 0) is 14.3 Å². The predicted octanol–water partition coefficient (Wildman–Crippen LogP) is 2.70. The highest BCUT2D eigenvalue weighted by atomic mass is 16.5. The molecular weight excluding hydrogens is 348 g/mol. The topological polar surface area (TPSA) is 97.7 Å². The van der Waals surface area contributed by atoms with E-state index in [1.807, 2.05) is 13.8 Å². The minimum atomic E-state index is -1.04. The molecule has 1 aromatic rings. The van der Waals surface area contributed by atoms with Gasteiger partial charge in [-0.1, -0.05) is 13.8 Å². The van der Waals surface area contributed by atoms with Gasteiger partial charge in [0.15, 0.2) is 6.10 Å². The zero-order valence-corrected chi connectivity index (χ0v) is 16.5. The summed E-state index contributed by atoms with van der Waals surface area (Å²) >= 11 is 0. The standard InChI is InChI=1S/C20H26N2O5/c1-13(2)20(4,12-21)22-19(24)14(3)27-18(23)10-7-15-11-16(25-5)8-9-17(15)26-6/h7-11,13-14H,1-6H3,(H,22,24)/b10-7+. The Morgan fingerprint density at radius 2 is 1.89 bits per heavy atom. The fourth-order valence-corrected chi connectivity index (χ4v) is 2.05. The minimum absolute atomic E-state index is 0.102. The molecule has 0 aliphatic heterocycles. The second-order valence-electron chi connectivity index (χ2n) is 6.48. The molecule has 2 unspecified atom stereocenters. The maximum absolute atomic E-state index is 12.2. The van der Waals surface area contributed by atoms with Crippen molar-refractivity contribution < 1.29 is 23.8 Å². The molecule has 1 amide bonds. The third kappa shape index (κ3) is 6.03. The Kier molecular flexibility index (Phi) is 7.85. The molecule has 0 aliphatic carbocycles. The van der Waals surface area contributed by atoms with E-state index in [1.54, 1.807) is 25.1 Å². The highest BCUT2D eigenvalue weighted by molar-refractivity contribution is 5.91. The van der Waals surface area contributed by atoms with Crippen LogP contribution in [0.25, 0.3) is 6.08 Å². The van der Waals surface area contributed by atoms with E-state index >= 15 is 0 Å². The van der Waals surface area contributed by atoms with Gasteiger partial charge in [0.05, 0.1) is 20.3 Å². The lowest BCUT2D eigenvalue weighted by molar-refractivity contribution is -0.150. The number of benzene rings is 1. The second-order valence-corrected chi connectivity index (χ2v) is 6.48.